The molecule has 0 spiro atoms. The molecule has 0 radical (unpaired) electrons. The van der Waals surface area contributed by atoms with Crippen molar-refractivity contribution in [3.8, 4) is 0 Å². The highest BCUT2D eigenvalue weighted by Crippen LogP contribution is 1.70. The first-order chi connectivity index (χ1) is 6.47. The van der Waals surface area contributed by atoms with Crippen LogP contribution in [-0.2, 0) is 9.47 Å². The number of ether oxygens (including phenoxy) is 2. The minimum atomic E-state index is -0.932. The predicted octanol–water partition coefficient (Wildman–Crippen LogP) is -2.04. The lowest BCUT2D eigenvalue weighted by Gasteiger charge is -1.89. The maximum absolute atomic E-state index is 9.43. The zero-order chi connectivity index (χ0) is 11.6. The molecule has 0 unspecified atom stereocenters. The Kier molecular flexibility index (Phi) is 9.01. The molecule has 0 heterocycles. The zero-order valence-electron chi connectivity index (χ0n) is 7.71. The van der Waals surface area contributed by atoms with Crippen molar-refractivity contribution in [3.63, 3.8) is 0 Å². The van der Waals surface area contributed by atoms with E-state index in [-0.39, 0.29) is 6.02 Å². The van der Waals surface area contributed by atoms with Gasteiger partial charge in [-0.3, -0.25) is 0 Å². The maximum Gasteiger partial charge on any atom is 0.356 e. The summed E-state index contributed by atoms with van der Waals surface area (Å²) in [5.41, 5.74) is 9.64. The molecule has 6 N–H and O–H groups in total. The normalized spacial score (nSPS) is 11.0. The van der Waals surface area contributed by atoms with Gasteiger partial charge >= 0.3 is 12.0 Å². The summed E-state index contributed by atoms with van der Waals surface area (Å²) in [5.74, 6) is 4.62. The fourth-order valence-corrected chi connectivity index (χ4v) is 0.174. The average molecular weight is 208 g/mol. The van der Waals surface area contributed by atoms with E-state index in [0.717, 1.165) is 0 Å². The number of hydrazone groups is 2. The molecular formula is C4H12N6O4. The van der Waals surface area contributed by atoms with Gasteiger partial charge in [0.1, 0.15) is 5.10 Å². The summed E-state index contributed by atoms with van der Waals surface area (Å²) in [7, 11) is 2.59. The Morgan fingerprint density at radius 2 is 1.71 bits per heavy atom. The Morgan fingerprint density at radius 3 is 1.79 bits per heavy atom. The molecule has 0 saturated heterocycles. The van der Waals surface area contributed by atoms with Crippen molar-refractivity contribution >= 4 is 12.0 Å². The van der Waals surface area contributed by atoms with E-state index >= 15 is 0 Å². The van der Waals surface area contributed by atoms with Crippen LogP contribution < -0.4 is 17.3 Å². The molecule has 14 heavy (non-hydrogen) atoms. The molecule has 0 aromatic heterocycles. The van der Waals surface area contributed by atoms with Gasteiger partial charge in [0.25, 0.3) is 0 Å². The first kappa shape index (κ1) is 14.3. The second-order valence-corrected chi connectivity index (χ2v) is 1.55. The third-order valence-corrected chi connectivity index (χ3v) is 0.726. The fourth-order valence-electron chi connectivity index (χ4n) is 0.174. The van der Waals surface area contributed by atoms with Gasteiger partial charge in [-0.1, -0.05) is 0 Å². The standard InChI is InChI=1S/C2H5N3O3.C2H7N3O/c1-8-2(3)4-5(6)7;1-6-2(3)5-4/h1H3,(H2,3,4);4H2,1H3,(H2,3,5). The van der Waals surface area contributed by atoms with Gasteiger partial charge in [0.15, 0.2) is 5.03 Å². The van der Waals surface area contributed by atoms with Crippen LogP contribution in [0, 0.1) is 10.1 Å². The molecule has 82 valence electrons. The monoisotopic (exact) mass is 208 g/mol. The number of rotatable bonds is 1. The van der Waals surface area contributed by atoms with E-state index in [1.165, 1.54) is 14.2 Å². The Labute approximate surface area is 79.5 Å². The van der Waals surface area contributed by atoms with Crippen LogP contribution in [0.1, 0.15) is 0 Å². The molecule has 0 rings (SSSR count). The smallest absolute Gasteiger partial charge is 0.356 e. The van der Waals surface area contributed by atoms with Gasteiger partial charge in [-0.15, -0.1) is 5.10 Å². The van der Waals surface area contributed by atoms with Crippen LogP contribution in [-0.4, -0.2) is 31.3 Å². The predicted molar refractivity (Wildman–Crippen MR) is 48.4 cm³/mol. The number of hydrogen-bond acceptors (Lipinski definition) is 6. The number of hydrogen-bond donors (Lipinski definition) is 3. The van der Waals surface area contributed by atoms with Crippen LogP contribution in [0.5, 0.6) is 0 Å². The molecule has 0 aliphatic carbocycles. The van der Waals surface area contributed by atoms with Crippen LogP contribution in [0.2, 0.25) is 0 Å². The van der Waals surface area contributed by atoms with E-state index in [0.29, 0.717) is 0 Å². The molecule has 0 amide bonds. The lowest BCUT2D eigenvalue weighted by atomic mass is 11.2. The van der Waals surface area contributed by atoms with Crippen LogP contribution in [0.4, 0.5) is 0 Å². The van der Waals surface area contributed by atoms with Gasteiger partial charge in [0.2, 0.25) is 0 Å². The number of amidine groups is 2. The lowest BCUT2D eigenvalue weighted by molar-refractivity contribution is -0.486. The SMILES string of the molecule is CO/C(N)=N/N.CO/C(N)=N/[N+](=O)[O-]. The molecule has 0 aliphatic heterocycles. The lowest BCUT2D eigenvalue weighted by Crippen LogP contribution is -2.15. The summed E-state index contributed by atoms with van der Waals surface area (Å²) in [4.78, 5) is 9.43. The number of methoxy groups -OCH3 is 2. The minimum Gasteiger partial charge on any atom is -0.468 e. The van der Waals surface area contributed by atoms with Gasteiger partial charge < -0.3 is 26.8 Å². The van der Waals surface area contributed by atoms with Gasteiger partial charge in [-0.05, 0) is 0 Å². The second-order valence-electron chi connectivity index (χ2n) is 1.55. The first-order valence-electron chi connectivity index (χ1n) is 3.07. The largest absolute Gasteiger partial charge is 0.468 e. The van der Waals surface area contributed by atoms with E-state index < -0.39 is 11.1 Å². The number of nitrogens with two attached hydrogens (primary N) is 3. The maximum atomic E-state index is 9.43. The summed E-state index contributed by atoms with van der Waals surface area (Å²) in [6, 6.07) is -0.454. The Morgan fingerprint density at radius 1 is 1.29 bits per heavy atom. The van der Waals surface area contributed by atoms with Crippen molar-refractivity contribution in [1.29, 1.82) is 0 Å². The minimum absolute atomic E-state index is 0.00463. The molecule has 0 bridgehead atoms. The van der Waals surface area contributed by atoms with E-state index in [9.17, 15) is 10.1 Å². The first-order valence-corrected chi connectivity index (χ1v) is 3.07. The quantitative estimate of drug-likeness (QED) is 0.147. The molecule has 10 nitrogen and oxygen atoms in total. The molecule has 0 atom stereocenters. The van der Waals surface area contributed by atoms with Crippen molar-refractivity contribution in [1.82, 2.24) is 0 Å². The molecule has 0 aromatic carbocycles. The Hall–Kier alpha value is -2.26. The summed E-state index contributed by atoms with van der Waals surface area (Å²) in [5, 5.41) is 14.1. The van der Waals surface area contributed by atoms with E-state index in [1.54, 1.807) is 0 Å². The summed E-state index contributed by atoms with van der Waals surface area (Å²) >= 11 is 0. The van der Waals surface area contributed by atoms with Crippen molar-refractivity contribution in [2.24, 2.45) is 27.5 Å². The van der Waals surface area contributed by atoms with Gasteiger partial charge in [-0.2, -0.15) is 0 Å². The molecule has 0 aliphatic rings. The second kappa shape index (κ2) is 8.83. The van der Waals surface area contributed by atoms with Crippen LogP contribution in [0.3, 0.4) is 0 Å². The zero-order valence-corrected chi connectivity index (χ0v) is 7.71. The summed E-state index contributed by atoms with van der Waals surface area (Å²) < 4.78 is 8.45. The van der Waals surface area contributed by atoms with Crippen molar-refractivity contribution in [2.75, 3.05) is 14.2 Å². The molecule has 10 heteroatoms. The van der Waals surface area contributed by atoms with Crippen LogP contribution in [0.25, 0.3) is 0 Å². The number of nitro groups is 1. The molecule has 0 fully saturated rings. The third kappa shape index (κ3) is 12.4. The third-order valence-electron chi connectivity index (χ3n) is 0.726. The van der Waals surface area contributed by atoms with Gasteiger partial charge in [0.05, 0.1) is 14.2 Å². The molecule has 0 aromatic rings. The van der Waals surface area contributed by atoms with E-state index in [4.69, 9.17) is 11.5 Å². The summed E-state index contributed by atoms with van der Waals surface area (Å²) in [6.45, 7) is 0. The highest BCUT2D eigenvalue weighted by atomic mass is 16.7. The highest BCUT2D eigenvalue weighted by Gasteiger charge is 1.93. The Balaban J connectivity index is 0. The fraction of sp³-hybridized carbons (Fsp3) is 0.500. The van der Waals surface area contributed by atoms with Crippen molar-refractivity contribution < 1.29 is 14.5 Å². The van der Waals surface area contributed by atoms with Crippen LogP contribution in [0.15, 0.2) is 10.2 Å². The van der Waals surface area contributed by atoms with Gasteiger partial charge in [0, 0.05) is 0 Å². The summed E-state index contributed by atoms with van der Waals surface area (Å²) in [6.07, 6.45) is 0. The molecular weight excluding hydrogens is 196 g/mol. The topological polar surface area (TPSA) is 164 Å². The van der Waals surface area contributed by atoms with Crippen molar-refractivity contribution in [2.45, 2.75) is 0 Å². The highest BCUT2D eigenvalue weighted by molar-refractivity contribution is 5.70. The van der Waals surface area contributed by atoms with E-state index in [2.05, 4.69) is 25.5 Å². The van der Waals surface area contributed by atoms with Gasteiger partial charge in [-0.25, -0.2) is 10.1 Å². The van der Waals surface area contributed by atoms with Crippen LogP contribution >= 0.6 is 0 Å². The average Bonchev–Trinajstić information content (AvgIpc) is 2.16. The number of nitrogens with zero attached hydrogens (tertiary/aromatic N) is 3. The van der Waals surface area contributed by atoms with Crippen molar-refractivity contribution in [3.05, 3.63) is 10.1 Å². The van der Waals surface area contributed by atoms with E-state index in [1.807, 2.05) is 0 Å². The molecule has 0 saturated carbocycles. The Bertz CT molecular complexity index is 226.